The summed E-state index contributed by atoms with van der Waals surface area (Å²) in [5.74, 6) is -0.339. The molecule has 0 saturated heterocycles. The molecule has 1 aromatic heterocycles. The van der Waals surface area contributed by atoms with E-state index >= 15 is 0 Å². The van der Waals surface area contributed by atoms with Gasteiger partial charge in [0.05, 0.1) is 4.92 Å². The number of nitro groups is 1. The number of nitrogens with zero attached hydrogens (tertiary/aromatic N) is 3. The minimum Gasteiger partial charge on any atom is -0.468 e. The van der Waals surface area contributed by atoms with Crippen LogP contribution in [0.2, 0.25) is 0 Å². The standard InChI is InChI=1S/C11H10N4O3/c12-10-9(15(16)17)11(14-7-13-10)18-6-8-4-2-1-3-5-8/h1-5,7H,6H2,(H2,12,13,14). The summed E-state index contributed by atoms with van der Waals surface area (Å²) in [6, 6.07) is 9.25. The Morgan fingerprint density at radius 2 is 2.00 bits per heavy atom. The zero-order valence-electron chi connectivity index (χ0n) is 9.31. The summed E-state index contributed by atoms with van der Waals surface area (Å²) in [5.41, 5.74) is 5.89. The van der Waals surface area contributed by atoms with Crippen LogP contribution >= 0.6 is 0 Å². The summed E-state index contributed by atoms with van der Waals surface area (Å²) in [4.78, 5) is 17.4. The van der Waals surface area contributed by atoms with Crippen LogP contribution in [0.15, 0.2) is 36.7 Å². The first-order valence-electron chi connectivity index (χ1n) is 5.10. The normalized spacial score (nSPS) is 10.0. The summed E-state index contributed by atoms with van der Waals surface area (Å²) in [6.07, 6.45) is 1.13. The van der Waals surface area contributed by atoms with Crippen molar-refractivity contribution in [3.8, 4) is 5.88 Å². The number of anilines is 1. The summed E-state index contributed by atoms with van der Waals surface area (Å²) >= 11 is 0. The van der Waals surface area contributed by atoms with Gasteiger partial charge in [0, 0.05) is 0 Å². The van der Waals surface area contributed by atoms with E-state index in [-0.39, 0.29) is 18.3 Å². The first kappa shape index (κ1) is 11.8. The summed E-state index contributed by atoms with van der Waals surface area (Å²) in [7, 11) is 0. The van der Waals surface area contributed by atoms with Gasteiger partial charge in [0.1, 0.15) is 12.9 Å². The van der Waals surface area contributed by atoms with E-state index < -0.39 is 10.6 Å². The second-order valence-corrected chi connectivity index (χ2v) is 3.44. The van der Waals surface area contributed by atoms with E-state index in [0.717, 1.165) is 11.9 Å². The van der Waals surface area contributed by atoms with E-state index in [1.54, 1.807) is 0 Å². The number of rotatable bonds is 4. The first-order chi connectivity index (χ1) is 8.68. The van der Waals surface area contributed by atoms with Crippen molar-refractivity contribution in [1.29, 1.82) is 0 Å². The van der Waals surface area contributed by atoms with E-state index in [1.807, 2.05) is 30.3 Å². The van der Waals surface area contributed by atoms with Crippen molar-refractivity contribution in [3.05, 3.63) is 52.3 Å². The SMILES string of the molecule is Nc1ncnc(OCc2ccccc2)c1[N+](=O)[O-]. The van der Waals surface area contributed by atoms with Crippen LogP contribution in [0.5, 0.6) is 5.88 Å². The number of hydrogen-bond donors (Lipinski definition) is 1. The van der Waals surface area contributed by atoms with Crippen molar-refractivity contribution in [1.82, 2.24) is 9.97 Å². The van der Waals surface area contributed by atoms with Crippen LogP contribution in [0.1, 0.15) is 5.56 Å². The van der Waals surface area contributed by atoms with Crippen molar-refractivity contribution in [2.75, 3.05) is 5.73 Å². The third kappa shape index (κ3) is 2.51. The second kappa shape index (κ2) is 5.09. The second-order valence-electron chi connectivity index (χ2n) is 3.44. The van der Waals surface area contributed by atoms with Gasteiger partial charge < -0.3 is 10.5 Å². The lowest BCUT2D eigenvalue weighted by Crippen LogP contribution is -2.05. The molecule has 0 aliphatic carbocycles. The number of nitrogen functional groups attached to an aromatic ring is 1. The summed E-state index contributed by atoms with van der Waals surface area (Å²) < 4.78 is 5.29. The highest BCUT2D eigenvalue weighted by molar-refractivity contribution is 5.57. The maximum atomic E-state index is 10.8. The molecule has 0 saturated carbocycles. The van der Waals surface area contributed by atoms with Gasteiger partial charge in [-0.25, -0.2) is 4.98 Å². The Kier molecular flexibility index (Phi) is 3.33. The molecule has 18 heavy (non-hydrogen) atoms. The summed E-state index contributed by atoms with van der Waals surface area (Å²) in [5, 5.41) is 10.8. The maximum Gasteiger partial charge on any atom is 0.372 e. The van der Waals surface area contributed by atoms with Crippen LogP contribution in [0.25, 0.3) is 0 Å². The van der Waals surface area contributed by atoms with Gasteiger partial charge in [-0.05, 0) is 5.56 Å². The number of ether oxygens (including phenoxy) is 1. The number of hydrogen-bond acceptors (Lipinski definition) is 6. The highest BCUT2D eigenvalue weighted by atomic mass is 16.6. The highest BCUT2D eigenvalue weighted by Crippen LogP contribution is 2.28. The predicted molar refractivity (Wildman–Crippen MR) is 63.9 cm³/mol. The zero-order chi connectivity index (χ0) is 13.0. The fourth-order valence-corrected chi connectivity index (χ4v) is 1.38. The Balaban J connectivity index is 2.20. The maximum absolute atomic E-state index is 10.8. The molecule has 0 aliphatic rings. The van der Waals surface area contributed by atoms with Crippen LogP contribution in [0.3, 0.4) is 0 Å². The molecule has 2 N–H and O–H groups in total. The average molecular weight is 246 g/mol. The fourth-order valence-electron chi connectivity index (χ4n) is 1.38. The van der Waals surface area contributed by atoms with E-state index in [0.29, 0.717) is 0 Å². The van der Waals surface area contributed by atoms with Gasteiger partial charge in [0.15, 0.2) is 0 Å². The molecule has 0 spiro atoms. The van der Waals surface area contributed by atoms with Gasteiger partial charge in [0.2, 0.25) is 5.82 Å². The van der Waals surface area contributed by atoms with Gasteiger partial charge in [-0.3, -0.25) is 10.1 Å². The third-order valence-corrected chi connectivity index (χ3v) is 2.22. The Hall–Kier alpha value is -2.70. The van der Waals surface area contributed by atoms with Gasteiger partial charge >= 0.3 is 5.69 Å². The molecule has 0 aliphatic heterocycles. The molecule has 0 fully saturated rings. The molecule has 7 heteroatoms. The quantitative estimate of drug-likeness (QED) is 0.648. The molecular formula is C11H10N4O3. The Morgan fingerprint density at radius 3 is 2.67 bits per heavy atom. The Bertz CT molecular complexity index is 559. The summed E-state index contributed by atoms with van der Waals surface area (Å²) in [6.45, 7) is 0.179. The van der Waals surface area contributed by atoms with Crippen molar-refractivity contribution < 1.29 is 9.66 Å². The number of benzene rings is 1. The molecule has 2 aromatic rings. The van der Waals surface area contributed by atoms with E-state index in [4.69, 9.17) is 10.5 Å². The average Bonchev–Trinajstić information content (AvgIpc) is 2.37. The van der Waals surface area contributed by atoms with Crippen molar-refractivity contribution >= 4 is 11.5 Å². The van der Waals surface area contributed by atoms with Gasteiger partial charge in [-0.15, -0.1) is 0 Å². The van der Waals surface area contributed by atoms with Gasteiger partial charge in [-0.1, -0.05) is 30.3 Å². The van der Waals surface area contributed by atoms with E-state index in [1.165, 1.54) is 0 Å². The monoisotopic (exact) mass is 246 g/mol. The van der Waals surface area contributed by atoms with Crippen LogP contribution < -0.4 is 10.5 Å². The predicted octanol–water partition coefficient (Wildman–Crippen LogP) is 1.55. The molecule has 0 amide bonds. The van der Waals surface area contributed by atoms with E-state index in [2.05, 4.69) is 9.97 Å². The third-order valence-electron chi connectivity index (χ3n) is 2.22. The van der Waals surface area contributed by atoms with Gasteiger partial charge in [0.25, 0.3) is 5.88 Å². The van der Waals surface area contributed by atoms with Crippen LogP contribution in [-0.2, 0) is 6.61 Å². The number of nitrogens with two attached hydrogens (primary N) is 1. The van der Waals surface area contributed by atoms with Crippen LogP contribution in [0, 0.1) is 10.1 Å². The lowest BCUT2D eigenvalue weighted by atomic mass is 10.2. The molecule has 0 bridgehead atoms. The molecule has 92 valence electrons. The molecule has 0 radical (unpaired) electrons. The van der Waals surface area contributed by atoms with Crippen molar-refractivity contribution in [3.63, 3.8) is 0 Å². The zero-order valence-corrected chi connectivity index (χ0v) is 9.31. The van der Waals surface area contributed by atoms with Crippen molar-refractivity contribution in [2.45, 2.75) is 6.61 Å². The molecule has 1 aromatic carbocycles. The minimum absolute atomic E-state index is 0.128. The Labute approximate surface area is 102 Å². The van der Waals surface area contributed by atoms with E-state index in [9.17, 15) is 10.1 Å². The number of aromatic nitrogens is 2. The van der Waals surface area contributed by atoms with Gasteiger partial charge in [-0.2, -0.15) is 4.98 Å². The molecule has 2 rings (SSSR count). The topological polar surface area (TPSA) is 104 Å². The first-order valence-corrected chi connectivity index (χ1v) is 5.10. The fraction of sp³-hybridized carbons (Fsp3) is 0.0909. The minimum atomic E-state index is -0.657. The Morgan fingerprint density at radius 1 is 1.28 bits per heavy atom. The van der Waals surface area contributed by atoms with Crippen LogP contribution in [0.4, 0.5) is 11.5 Å². The molecule has 0 unspecified atom stereocenters. The molecule has 7 nitrogen and oxygen atoms in total. The molecule has 1 heterocycles. The molecule has 0 atom stereocenters. The largest absolute Gasteiger partial charge is 0.468 e. The lowest BCUT2D eigenvalue weighted by molar-refractivity contribution is -0.385. The smallest absolute Gasteiger partial charge is 0.372 e. The van der Waals surface area contributed by atoms with Crippen LogP contribution in [-0.4, -0.2) is 14.9 Å². The van der Waals surface area contributed by atoms with Crippen molar-refractivity contribution in [2.24, 2.45) is 0 Å². The highest BCUT2D eigenvalue weighted by Gasteiger charge is 2.22. The molecular weight excluding hydrogens is 236 g/mol. The lowest BCUT2D eigenvalue weighted by Gasteiger charge is -2.06.